The van der Waals surface area contributed by atoms with Crippen LogP contribution in [0.25, 0.3) is 5.57 Å². The number of fused-ring (bicyclic) bond motifs is 1. The molecule has 1 aliphatic rings. The predicted molar refractivity (Wildman–Crippen MR) is 137 cm³/mol. The fourth-order valence-electron chi connectivity index (χ4n) is 3.99. The normalized spacial score (nSPS) is 14.8. The predicted octanol–water partition coefficient (Wildman–Crippen LogP) is 6.10. The summed E-state index contributed by atoms with van der Waals surface area (Å²) < 4.78 is 6.71. The van der Waals surface area contributed by atoms with Crippen molar-refractivity contribution in [3.8, 4) is 11.5 Å². The van der Waals surface area contributed by atoms with Gasteiger partial charge in [0.15, 0.2) is 0 Å². The van der Waals surface area contributed by atoms with Crippen molar-refractivity contribution in [2.75, 3.05) is 18.6 Å². The molecule has 32 heavy (non-hydrogen) atoms. The average molecular weight is 565 g/mol. The van der Waals surface area contributed by atoms with Crippen LogP contribution in [0.1, 0.15) is 55.6 Å². The van der Waals surface area contributed by atoms with Gasteiger partial charge in [-0.15, -0.1) is 0 Å². The van der Waals surface area contributed by atoms with Gasteiger partial charge in [-0.25, -0.2) is 5.43 Å². The van der Waals surface area contributed by atoms with Gasteiger partial charge in [-0.1, -0.05) is 28.9 Å². The van der Waals surface area contributed by atoms with Crippen molar-refractivity contribution >= 4 is 55.2 Å². The van der Waals surface area contributed by atoms with E-state index >= 15 is 0 Å². The zero-order valence-corrected chi connectivity index (χ0v) is 22.0. The number of nitrogens with zero attached hydrogens (tertiary/aromatic N) is 2. The summed E-state index contributed by atoms with van der Waals surface area (Å²) in [5.74, 6) is -0.00215. The maximum absolute atomic E-state index is 12.5. The number of phenolic OH excluding ortho intramolecular Hbond substituents is 1. The Bertz CT molecular complexity index is 1110. The van der Waals surface area contributed by atoms with E-state index in [9.17, 15) is 9.90 Å². The number of benzene rings is 2. The van der Waals surface area contributed by atoms with E-state index < -0.39 is 5.91 Å². The lowest BCUT2D eigenvalue weighted by molar-refractivity contribution is 0.0952. The van der Waals surface area contributed by atoms with Crippen molar-refractivity contribution in [2.24, 2.45) is 5.10 Å². The van der Waals surface area contributed by atoms with Crippen molar-refractivity contribution in [3.05, 3.63) is 56.0 Å². The van der Waals surface area contributed by atoms with Gasteiger partial charge < -0.3 is 14.7 Å². The topological polar surface area (TPSA) is 74.2 Å². The number of halogens is 2. The number of nitrogens with one attached hydrogen (secondary N) is 1. The van der Waals surface area contributed by atoms with Crippen LogP contribution in [0.4, 0.5) is 5.69 Å². The second-order valence-electron chi connectivity index (χ2n) is 8.23. The van der Waals surface area contributed by atoms with Crippen LogP contribution >= 0.6 is 31.9 Å². The third-order valence-electron chi connectivity index (χ3n) is 5.42. The molecule has 0 bridgehead atoms. The molecular formula is C24H27Br2N3O3. The van der Waals surface area contributed by atoms with E-state index in [2.05, 4.69) is 81.1 Å². The van der Waals surface area contributed by atoms with Crippen molar-refractivity contribution in [3.63, 3.8) is 0 Å². The number of hydrazone groups is 1. The highest BCUT2D eigenvalue weighted by Crippen LogP contribution is 2.42. The lowest BCUT2D eigenvalue weighted by Gasteiger charge is -2.43. The summed E-state index contributed by atoms with van der Waals surface area (Å²) in [6.07, 6.45) is 4.86. The molecule has 1 heterocycles. The van der Waals surface area contributed by atoms with E-state index in [-0.39, 0.29) is 16.9 Å². The summed E-state index contributed by atoms with van der Waals surface area (Å²) in [7, 11) is 1.62. The molecule has 0 atom stereocenters. The Balaban J connectivity index is 1.92. The highest BCUT2D eigenvalue weighted by Gasteiger charge is 2.31. The third-order valence-corrected chi connectivity index (χ3v) is 6.48. The van der Waals surface area contributed by atoms with Crippen LogP contribution in [-0.2, 0) is 0 Å². The number of hydrogen-bond donors (Lipinski definition) is 2. The van der Waals surface area contributed by atoms with Gasteiger partial charge in [0.05, 0.1) is 28.9 Å². The van der Waals surface area contributed by atoms with Gasteiger partial charge in [-0.3, -0.25) is 4.79 Å². The number of ether oxygens (including phenoxy) is 1. The first-order valence-corrected chi connectivity index (χ1v) is 11.9. The van der Waals surface area contributed by atoms with Crippen molar-refractivity contribution in [1.82, 2.24) is 5.43 Å². The first-order valence-electron chi connectivity index (χ1n) is 10.3. The summed E-state index contributed by atoms with van der Waals surface area (Å²) in [6, 6.07) is 7.25. The Kier molecular flexibility index (Phi) is 7.35. The monoisotopic (exact) mass is 563 g/mol. The first kappa shape index (κ1) is 24.3. The van der Waals surface area contributed by atoms with Gasteiger partial charge in [-0.2, -0.15) is 5.10 Å². The van der Waals surface area contributed by atoms with Crippen molar-refractivity contribution < 1.29 is 14.6 Å². The van der Waals surface area contributed by atoms with E-state index in [1.54, 1.807) is 19.4 Å². The molecule has 3 rings (SSSR count). The molecule has 0 saturated carbocycles. The Morgan fingerprint density at radius 2 is 2.00 bits per heavy atom. The average Bonchev–Trinajstić information content (AvgIpc) is 2.72. The number of anilines is 1. The van der Waals surface area contributed by atoms with Crippen LogP contribution in [0.3, 0.4) is 0 Å². The number of methoxy groups -OCH3 is 1. The van der Waals surface area contributed by atoms with Crippen molar-refractivity contribution in [1.29, 1.82) is 0 Å². The molecule has 2 aromatic rings. The molecule has 0 fully saturated rings. The van der Waals surface area contributed by atoms with Crippen LogP contribution < -0.4 is 15.1 Å². The van der Waals surface area contributed by atoms with E-state index in [0.29, 0.717) is 14.7 Å². The van der Waals surface area contributed by atoms with Gasteiger partial charge in [0, 0.05) is 33.9 Å². The van der Waals surface area contributed by atoms with Crippen LogP contribution in [0, 0.1) is 0 Å². The molecule has 170 valence electrons. The van der Waals surface area contributed by atoms with E-state index in [4.69, 9.17) is 4.74 Å². The zero-order chi connectivity index (χ0) is 23.6. The SMILES string of the molecule is CCCN1c2cc(OC)c(/C=N\NC(=O)c3cc(Br)cc(Br)c3O)cc2C(C)=CC1(C)C. The summed E-state index contributed by atoms with van der Waals surface area (Å²) in [5.41, 5.74) is 6.65. The van der Waals surface area contributed by atoms with Crippen LogP contribution in [0.2, 0.25) is 0 Å². The summed E-state index contributed by atoms with van der Waals surface area (Å²) in [4.78, 5) is 14.9. The number of allylic oxidation sites excluding steroid dienone is 1. The molecule has 1 aliphatic heterocycles. The molecule has 0 radical (unpaired) electrons. The number of rotatable bonds is 6. The second-order valence-corrected chi connectivity index (χ2v) is 10.00. The first-order chi connectivity index (χ1) is 15.1. The van der Waals surface area contributed by atoms with Gasteiger partial charge >= 0.3 is 0 Å². The quantitative estimate of drug-likeness (QED) is 0.328. The Hall–Kier alpha value is -2.32. The lowest BCUT2D eigenvalue weighted by Crippen LogP contribution is -2.45. The zero-order valence-electron chi connectivity index (χ0n) is 18.8. The number of phenols is 1. The highest BCUT2D eigenvalue weighted by molar-refractivity contribution is 9.11. The van der Waals surface area contributed by atoms with Gasteiger partial charge in [-0.05, 0) is 66.9 Å². The molecular weight excluding hydrogens is 538 g/mol. The Morgan fingerprint density at radius 1 is 1.28 bits per heavy atom. The second kappa shape index (κ2) is 9.67. The minimum absolute atomic E-state index is 0.0953. The fraction of sp³-hybridized carbons (Fsp3) is 0.333. The number of carbonyl (C=O) groups is 1. The Labute approximate surface area is 205 Å². The highest BCUT2D eigenvalue weighted by atomic mass is 79.9. The van der Waals surface area contributed by atoms with E-state index in [0.717, 1.165) is 29.8 Å². The maximum Gasteiger partial charge on any atom is 0.275 e. The molecule has 0 aliphatic carbocycles. The van der Waals surface area contributed by atoms with Gasteiger partial charge in [0.25, 0.3) is 5.91 Å². The molecule has 0 spiro atoms. The van der Waals surface area contributed by atoms with Gasteiger partial charge in [0.2, 0.25) is 0 Å². The number of aromatic hydroxyl groups is 1. The smallest absolute Gasteiger partial charge is 0.275 e. The number of amides is 1. The number of carbonyl (C=O) groups excluding carboxylic acids is 1. The molecule has 1 amide bonds. The maximum atomic E-state index is 12.5. The summed E-state index contributed by atoms with van der Waals surface area (Å²) in [6.45, 7) is 9.63. The third kappa shape index (κ3) is 4.86. The van der Waals surface area contributed by atoms with Gasteiger partial charge in [0.1, 0.15) is 11.5 Å². The minimum atomic E-state index is -0.523. The largest absolute Gasteiger partial charge is 0.506 e. The van der Waals surface area contributed by atoms with Crippen LogP contribution in [0.5, 0.6) is 11.5 Å². The summed E-state index contributed by atoms with van der Waals surface area (Å²) in [5, 5.41) is 14.3. The standard InChI is InChI=1S/C24H27Br2N3O3/c1-6-7-29-20-11-21(32-5)15(8-17(20)14(2)12-24(29,3)4)13-27-28-23(31)18-9-16(25)10-19(26)22(18)30/h8-13,30H,6-7H2,1-5H3,(H,28,31)/b27-13-. The molecule has 0 saturated heterocycles. The van der Waals surface area contributed by atoms with E-state index in [1.165, 1.54) is 11.6 Å². The molecule has 0 aromatic heterocycles. The number of hydrogen-bond acceptors (Lipinski definition) is 5. The Morgan fingerprint density at radius 3 is 2.66 bits per heavy atom. The summed E-state index contributed by atoms with van der Waals surface area (Å²) >= 11 is 6.55. The molecule has 6 nitrogen and oxygen atoms in total. The fourth-order valence-corrected chi connectivity index (χ4v) is 5.22. The van der Waals surface area contributed by atoms with E-state index in [1.807, 2.05) is 12.1 Å². The van der Waals surface area contributed by atoms with Crippen LogP contribution in [-0.4, -0.2) is 36.4 Å². The molecule has 0 unspecified atom stereocenters. The lowest BCUT2D eigenvalue weighted by atomic mass is 9.87. The van der Waals surface area contributed by atoms with Crippen molar-refractivity contribution in [2.45, 2.75) is 39.7 Å². The molecule has 8 heteroatoms. The molecule has 2 aromatic carbocycles. The molecule has 2 N–H and O–H groups in total. The minimum Gasteiger partial charge on any atom is -0.506 e. The van der Waals surface area contributed by atoms with Crippen LogP contribution in [0.15, 0.2) is 44.4 Å².